The number of aliphatic hydroxyl groups excluding tert-OH is 1. The number of benzene rings is 1. The standard InChI is InChI=1S/C18H23N5O5/c19-13(6-11-4-2-1-3-5-11)16(25)23-15(9-24)17(26)22-14(18(27)28)7-12-8-20-10-21-12/h1-5,8,10,13-15,24H,6-7,9,19H2,(H,20,21)(H,22,26)(H,23,25)(H,27,28). The minimum Gasteiger partial charge on any atom is -0.480 e. The van der Waals surface area contributed by atoms with Gasteiger partial charge in [-0.2, -0.15) is 0 Å². The summed E-state index contributed by atoms with van der Waals surface area (Å²) in [6, 6.07) is 5.60. The van der Waals surface area contributed by atoms with Crippen LogP contribution in [0.5, 0.6) is 0 Å². The van der Waals surface area contributed by atoms with Crippen molar-refractivity contribution in [2.24, 2.45) is 5.73 Å². The third-order valence-electron chi connectivity index (χ3n) is 4.04. The Bertz CT molecular complexity index is 781. The van der Waals surface area contributed by atoms with E-state index in [1.165, 1.54) is 12.5 Å². The number of aromatic amines is 1. The number of nitrogens with two attached hydrogens (primary N) is 1. The second-order valence-electron chi connectivity index (χ2n) is 6.22. The summed E-state index contributed by atoms with van der Waals surface area (Å²) < 4.78 is 0. The van der Waals surface area contributed by atoms with Crippen LogP contribution >= 0.6 is 0 Å². The molecule has 1 heterocycles. The Morgan fingerprint density at radius 3 is 2.32 bits per heavy atom. The first kappa shape index (κ1) is 21.1. The van der Waals surface area contributed by atoms with Crippen molar-refractivity contribution in [3.05, 3.63) is 54.1 Å². The van der Waals surface area contributed by atoms with Crippen LogP contribution in [0, 0.1) is 0 Å². The Balaban J connectivity index is 1.93. The molecule has 0 fully saturated rings. The second kappa shape index (κ2) is 10.2. The third-order valence-corrected chi connectivity index (χ3v) is 4.04. The molecule has 0 bridgehead atoms. The number of rotatable bonds is 10. The van der Waals surface area contributed by atoms with E-state index >= 15 is 0 Å². The maximum absolute atomic E-state index is 12.3. The lowest BCUT2D eigenvalue weighted by Crippen LogP contribution is -2.56. The Morgan fingerprint density at radius 2 is 1.75 bits per heavy atom. The molecule has 2 amide bonds. The molecule has 2 aromatic rings. The van der Waals surface area contributed by atoms with E-state index in [4.69, 9.17) is 5.73 Å². The quantitative estimate of drug-likeness (QED) is 0.289. The van der Waals surface area contributed by atoms with Gasteiger partial charge in [-0.25, -0.2) is 9.78 Å². The number of hydrogen-bond acceptors (Lipinski definition) is 6. The lowest BCUT2D eigenvalue weighted by atomic mass is 10.1. The number of carboxylic acids is 1. The Labute approximate surface area is 161 Å². The van der Waals surface area contributed by atoms with E-state index in [1.54, 1.807) is 0 Å². The molecule has 28 heavy (non-hydrogen) atoms. The second-order valence-corrected chi connectivity index (χ2v) is 6.22. The summed E-state index contributed by atoms with van der Waals surface area (Å²) >= 11 is 0. The highest BCUT2D eigenvalue weighted by Gasteiger charge is 2.28. The Morgan fingerprint density at radius 1 is 1.07 bits per heavy atom. The zero-order chi connectivity index (χ0) is 20.5. The number of amides is 2. The van der Waals surface area contributed by atoms with Crippen molar-refractivity contribution >= 4 is 17.8 Å². The maximum Gasteiger partial charge on any atom is 0.326 e. The van der Waals surface area contributed by atoms with E-state index in [0.29, 0.717) is 5.69 Å². The lowest BCUT2D eigenvalue weighted by Gasteiger charge is -2.21. The third kappa shape index (κ3) is 6.18. The fourth-order valence-corrected chi connectivity index (χ4v) is 2.52. The molecule has 10 nitrogen and oxygen atoms in total. The maximum atomic E-state index is 12.3. The monoisotopic (exact) mass is 389 g/mol. The van der Waals surface area contributed by atoms with Crippen LogP contribution in [-0.2, 0) is 27.2 Å². The van der Waals surface area contributed by atoms with Crippen LogP contribution in [0.15, 0.2) is 42.9 Å². The van der Waals surface area contributed by atoms with E-state index in [2.05, 4.69) is 20.6 Å². The molecule has 0 spiro atoms. The first-order chi connectivity index (χ1) is 13.4. The fraction of sp³-hybridized carbons (Fsp3) is 0.333. The number of carboxylic acid groups (broad SMARTS) is 1. The number of carbonyl (C=O) groups excluding carboxylic acids is 2. The highest BCUT2D eigenvalue weighted by Crippen LogP contribution is 2.03. The summed E-state index contributed by atoms with van der Waals surface area (Å²) in [7, 11) is 0. The molecule has 3 atom stereocenters. The van der Waals surface area contributed by atoms with Gasteiger partial charge in [0.2, 0.25) is 11.8 Å². The molecular formula is C18H23N5O5. The van der Waals surface area contributed by atoms with Gasteiger partial charge in [0, 0.05) is 18.3 Å². The van der Waals surface area contributed by atoms with Crippen LogP contribution in [0.25, 0.3) is 0 Å². The molecule has 7 N–H and O–H groups in total. The number of aliphatic carboxylic acids is 1. The molecule has 0 saturated carbocycles. The molecule has 0 aliphatic rings. The highest BCUT2D eigenvalue weighted by molar-refractivity contribution is 5.92. The van der Waals surface area contributed by atoms with E-state index in [0.717, 1.165) is 5.56 Å². The summed E-state index contributed by atoms with van der Waals surface area (Å²) in [6.07, 6.45) is 3.06. The largest absolute Gasteiger partial charge is 0.480 e. The average Bonchev–Trinajstić information content (AvgIpc) is 3.19. The van der Waals surface area contributed by atoms with Crippen molar-refractivity contribution in [3.63, 3.8) is 0 Å². The number of imidazole rings is 1. The SMILES string of the molecule is NC(Cc1ccccc1)C(=O)NC(CO)C(=O)NC(Cc1cnc[nH]1)C(=O)O. The average molecular weight is 389 g/mol. The first-order valence-electron chi connectivity index (χ1n) is 8.62. The van der Waals surface area contributed by atoms with Gasteiger partial charge in [-0.15, -0.1) is 0 Å². The van der Waals surface area contributed by atoms with Crippen LogP contribution < -0.4 is 16.4 Å². The fourth-order valence-electron chi connectivity index (χ4n) is 2.52. The molecule has 0 radical (unpaired) electrons. The van der Waals surface area contributed by atoms with E-state index in [1.807, 2.05) is 30.3 Å². The molecule has 3 unspecified atom stereocenters. The van der Waals surface area contributed by atoms with Crippen LogP contribution in [0.4, 0.5) is 0 Å². The minimum absolute atomic E-state index is 0.0271. The van der Waals surface area contributed by atoms with Crippen molar-refractivity contribution in [2.45, 2.75) is 31.0 Å². The van der Waals surface area contributed by atoms with Gasteiger partial charge in [0.15, 0.2) is 0 Å². The summed E-state index contributed by atoms with van der Waals surface area (Å²) in [5.74, 6) is -2.71. The Hall–Kier alpha value is -3.24. The van der Waals surface area contributed by atoms with Crippen molar-refractivity contribution in [1.29, 1.82) is 0 Å². The lowest BCUT2D eigenvalue weighted by molar-refractivity contribution is -0.142. The van der Waals surface area contributed by atoms with Gasteiger partial charge in [0.25, 0.3) is 0 Å². The molecule has 2 rings (SSSR count). The smallest absolute Gasteiger partial charge is 0.326 e. The molecular weight excluding hydrogens is 366 g/mol. The molecule has 150 valence electrons. The summed E-state index contributed by atoms with van der Waals surface area (Å²) in [4.78, 5) is 42.5. The van der Waals surface area contributed by atoms with Gasteiger partial charge in [0.1, 0.15) is 12.1 Å². The van der Waals surface area contributed by atoms with Crippen LogP contribution in [0.2, 0.25) is 0 Å². The van der Waals surface area contributed by atoms with Gasteiger partial charge in [-0.05, 0) is 12.0 Å². The zero-order valence-electron chi connectivity index (χ0n) is 15.0. The molecule has 1 aromatic carbocycles. The van der Waals surface area contributed by atoms with Gasteiger partial charge < -0.3 is 31.6 Å². The number of nitrogens with one attached hydrogen (secondary N) is 3. The molecule has 0 aliphatic heterocycles. The van der Waals surface area contributed by atoms with Crippen LogP contribution in [0.3, 0.4) is 0 Å². The number of H-pyrrole nitrogens is 1. The molecule has 0 aliphatic carbocycles. The topological polar surface area (TPSA) is 170 Å². The number of aliphatic hydroxyl groups is 1. The number of nitrogens with zero attached hydrogens (tertiary/aromatic N) is 1. The summed E-state index contributed by atoms with van der Waals surface area (Å²) in [6.45, 7) is -0.702. The van der Waals surface area contributed by atoms with E-state index in [-0.39, 0.29) is 12.8 Å². The van der Waals surface area contributed by atoms with E-state index in [9.17, 15) is 24.6 Å². The Kier molecular flexibility index (Phi) is 7.66. The molecule has 10 heteroatoms. The van der Waals surface area contributed by atoms with Gasteiger partial charge in [0.05, 0.1) is 19.0 Å². The van der Waals surface area contributed by atoms with Crippen molar-refractivity contribution in [3.8, 4) is 0 Å². The zero-order valence-corrected chi connectivity index (χ0v) is 15.0. The van der Waals surface area contributed by atoms with Crippen LogP contribution in [0.1, 0.15) is 11.3 Å². The van der Waals surface area contributed by atoms with Crippen molar-refractivity contribution < 1.29 is 24.6 Å². The predicted octanol–water partition coefficient (Wildman–Crippen LogP) is -1.43. The first-order valence-corrected chi connectivity index (χ1v) is 8.62. The van der Waals surface area contributed by atoms with Gasteiger partial charge in [-0.3, -0.25) is 9.59 Å². The summed E-state index contributed by atoms with van der Waals surface area (Å²) in [5.41, 5.74) is 7.23. The predicted molar refractivity (Wildman–Crippen MR) is 99.0 cm³/mol. The normalized spacial score (nSPS) is 13.9. The van der Waals surface area contributed by atoms with Gasteiger partial charge in [-0.1, -0.05) is 30.3 Å². The number of aromatic nitrogens is 2. The van der Waals surface area contributed by atoms with Crippen LogP contribution in [-0.4, -0.2) is 62.7 Å². The van der Waals surface area contributed by atoms with Crippen molar-refractivity contribution in [2.75, 3.05) is 6.61 Å². The number of carbonyl (C=O) groups is 3. The number of hydrogen-bond donors (Lipinski definition) is 6. The molecule has 0 saturated heterocycles. The molecule has 1 aromatic heterocycles. The van der Waals surface area contributed by atoms with Crippen molar-refractivity contribution in [1.82, 2.24) is 20.6 Å². The van der Waals surface area contributed by atoms with Gasteiger partial charge >= 0.3 is 5.97 Å². The minimum atomic E-state index is -1.32. The highest BCUT2D eigenvalue weighted by atomic mass is 16.4. The summed E-state index contributed by atoms with van der Waals surface area (Å²) in [5, 5.41) is 23.4. The van der Waals surface area contributed by atoms with E-state index < -0.39 is 42.5 Å².